The zero-order chi connectivity index (χ0) is 40.6. The molecule has 6 heteroatoms. The Labute approximate surface area is 354 Å². The molecule has 5 aliphatic rings. The van der Waals surface area contributed by atoms with Gasteiger partial charge in [0, 0.05) is 37.6 Å². The molecule has 0 saturated carbocycles. The van der Waals surface area contributed by atoms with E-state index in [9.17, 15) is 13.2 Å². The lowest BCUT2D eigenvalue weighted by Gasteiger charge is -2.43. The monoisotopic (exact) mass is 819 g/mol. The highest BCUT2D eigenvalue weighted by molar-refractivity contribution is 6.63. The van der Waals surface area contributed by atoms with Gasteiger partial charge in [-0.25, -0.2) is 0 Å². The van der Waals surface area contributed by atoms with Crippen molar-refractivity contribution in [2.24, 2.45) is 5.92 Å². The molecule has 0 radical (unpaired) electrons. The van der Waals surface area contributed by atoms with Crippen LogP contribution in [0.25, 0.3) is 140 Å². The maximum atomic E-state index is 14.9. The van der Waals surface area contributed by atoms with Crippen LogP contribution in [0, 0.1) is 5.92 Å². The van der Waals surface area contributed by atoms with Gasteiger partial charge in [0.15, 0.2) is 0 Å². The SMILES string of the molecule is COCCOCCN1CC2C3=c4c5c6c7c(cc8cc9cc%10cc%11cc%12c%13c(c4c4c5c5c7c8c7c9c%10c8c%11c%13c4c8c75)=C(C3)C%12)CC62C1c1cccc2c(C(F)(F)F)cccc12. The summed E-state index contributed by atoms with van der Waals surface area (Å²) in [5, 5.41) is 36.2. The summed E-state index contributed by atoms with van der Waals surface area (Å²) in [5.74, 6) is 0.179. The van der Waals surface area contributed by atoms with Crippen molar-refractivity contribution >= 4 is 140 Å². The van der Waals surface area contributed by atoms with Gasteiger partial charge in [0.1, 0.15) is 0 Å². The Bertz CT molecular complexity index is 4580. The molecule has 19 rings (SSSR count). The number of hydrogen-bond donors (Lipinski definition) is 0. The highest BCUT2D eigenvalue weighted by atomic mass is 19.4. The van der Waals surface area contributed by atoms with Gasteiger partial charge >= 0.3 is 6.18 Å². The Kier molecular flexibility index (Phi) is 4.67. The minimum atomic E-state index is -4.46. The molecule has 14 aromatic carbocycles. The summed E-state index contributed by atoms with van der Waals surface area (Å²) in [6.07, 6.45) is -1.67. The second-order valence-electron chi connectivity index (χ2n) is 20.5. The fourth-order valence-corrected chi connectivity index (χ4v) is 17.0. The maximum Gasteiger partial charge on any atom is 0.417 e. The Balaban J connectivity index is 1.05. The molecule has 1 fully saturated rings. The molecule has 0 N–H and O–H groups in total. The maximum absolute atomic E-state index is 14.9. The van der Waals surface area contributed by atoms with Crippen molar-refractivity contribution in [2.75, 3.05) is 40.0 Å². The molecular formula is C57H32F3NO2. The number of rotatable bonds is 7. The molecular weight excluding hydrogens is 788 g/mol. The molecule has 1 heterocycles. The van der Waals surface area contributed by atoms with Gasteiger partial charge in [0.2, 0.25) is 0 Å². The van der Waals surface area contributed by atoms with Crippen LogP contribution in [0.3, 0.4) is 0 Å². The summed E-state index contributed by atoms with van der Waals surface area (Å²) in [6.45, 7) is 3.07. The highest BCUT2D eigenvalue weighted by Gasteiger charge is 2.63. The third kappa shape index (κ3) is 2.88. The number of alkyl halides is 3. The average Bonchev–Trinajstić information content (AvgIpc) is 4.13. The van der Waals surface area contributed by atoms with E-state index in [1.807, 2.05) is 12.1 Å². The third-order valence-corrected chi connectivity index (χ3v) is 18.4. The number of halogens is 3. The van der Waals surface area contributed by atoms with E-state index in [0.29, 0.717) is 31.8 Å². The first-order valence-electron chi connectivity index (χ1n) is 22.8. The molecule has 0 bridgehead atoms. The van der Waals surface area contributed by atoms with Crippen LogP contribution in [0.15, 0.2) is 66.7 Å². The highest BCUT2D eigenvalue weighted by Crippen LogP contribution is 2.70. The summed E-state index contributed by atoms with van der Waals surface area (Å²) >= 11 is 0. The van der Waals surface area contributed by atoms with E-state index in [1.54, 1.807) is 35.6 Å². The van der Waals surface area contributed by atoms with Crippen molar-refractivity contribution in [2.45, 2.75) is 36.9 Å². The van der Waals surface area contributed by atoms with E-state index in [1.165, 1.54) is 146 Å². The largest absolute Gasteiger partial charge is 0.417 e. The number of fused-ring (bicyclic) bond motifs is 2. The van der Waals surface area contributed by atoms with E-state index in [-0.39, 0.29) is 17.3 Å². The number of hydrogen-bond acceptors (Lipinski definition) is 3. The number of nitrogens with zero attached hydrogens (tertiary/aromatic N) is 1. The predicted octanol–water partition coefficient (Wildman–Crippen LogP) is 11.9. The summed E-state index contributed by atoms with van der Waals surface area (Å²) in [4.78, 5) is 2.64. The molecule has 14 aromatic rings. The van der Waals surface area contributed by atoms with Gasteiger partial charge in [-0.3, -0.25) is 4.90 Å². The lowest BCUT2D eigenvalue weighted by molar-refractivity contribution is -0.136. The third-order valence-electron chi connectivity index (χ3n) is 18.4. The molecule has 1 spiro atoms. The van der Waals surface area contributed by atoms with Crippen LogP contribution in [0.2, 0.25) is 0 Å². The number of methoxy groups -OCH3 is 1. The molecule has 298 valence electrons. The molecule has 1 saturated heterocycles. The van der Waals surface area contributed by atoms with Gasteiger partial charge in [-0.05, 0) is 205 Å². The van der Waals surface area contributed by atoms with Gasteiger partial charge < -0.3 is 9.47 Å². The number of likely N-dealkylation sites (tertiary alicyclic amines) is 1. The van der Waals surface area contributed by atoms with Crippen molar-refractivity contribution in [3.05, 3.63) is 105 Å². The van der Waals surface area contributed by atoms with Crippen molar-refractivity contribution in [3.63, 3.8) is 0 Å². The zero-order valence-corrected chi connectivity index (χ0v) is 34.1. The van der Waals surface area contributed by atoms with E-state index in [2.05, 4.69) is 41.3 Å². The minimum Gasteiger partial charge on any atom is -0.382 e. The van der Waals surface area contributed by atoms with Crippen LogP contribution in [0.4, 0.5) is 13.2 Å². The van der Waals surface area contributed by atoms with E-state index in [4.69, 9.17) is 9.47 Å². The van der Waals surface area contributed by atoms with Gasteiger partial charge in [-0.15, -0.1) is 0 Å². The zero-order valence-electron chi connectivity index (χ0n) is 34.1. The molecule has 0 aromatic heterocycles. The first-order chi connectivity index (χ1) is 30.9. The standard InChI is InChI=1S/C57H32F3NO2/c1-62-10-11-63-9-8-61-20-33-31-18-26-16-23-14-24-13-21-12-22-15-25-17-27-19-56(33,55(61)30-6-2-5-29-28(30)4-3-7-32(29)57(58,59)60)54-40(27)45-39(25)44-35(22)34(21)42-38(24)43-36(23)37(26)46-41(31)53(54)52-50(45)48(44)47(42)49(43)51(46)52/h2-7,12-15,17,33,55H,8-11,16,18-20H2,1H3. The Morgan fingerprint density at radius 2 is 1.22 bits per heavy atom. The van der Waals surface area contributed by atoms with Gasteiger partial charge in [0.05, 0.1) is 25.4 Å². The molecule has 63 heavy (non-hydrogen) atoms. The second-order valence-corrected chi connectivity index (χ2v) is 20.5. The van der Waals surface area contributed by atoms with E-state index < -0.39 is 17.2 Å². The van der Waals surface area contributed by atoms with E-state index >= 15 is 0 Å². The summed E-state index contributed by atoms with van der Waals surface area (Å²) < 4.78 is 56.3. The lowest BCUT2D eigenvalue weighted by Crippen LogP contribution is -2.44. The fraction of sp³-hybridized carbons (Fsp3) is 0.228. The van der Waals surface area contributed by atoms with Crippen molar-refractivity contribution < 1.29 is 22.6 Å². The fourth-order valence-electron chi connectivity index (χ4n) is 17.0. The van der Waals surface area contributed by atoms with Crippen molar-refractivity contribution in [3.8, 4) is 0 Å². The van der Waals surface area contributed by atoms with Crippen LogP contribution >= 0.6 is 0 Å². The molecule has 0 amide bonds. The quantitative estimate of drug-likeness (QED) is 0.118. The smallest absolute Gasteiger partial charge is 0.382 e. The lowest BCUT2D eigenvalue weighted by atomic mass is 9.59. The summed E-state index contributed by atoms with van der Waals surface area (Å²) in [5.41, 5.74) is 7.61. The number of benzene rings is 10. The van der Waals surface area contributed by atoms with Crippen LogP contribution in [-0.2, 0) is 33.9 Å². The summed E-state index contributed by atoms with van der Waals surface area (Å²) in [7, 11) is 1.70. The first kappa shape index (κ1) is 31.7. The van der Waals surface area contributed by atoms with Gasteiger partial charge in [-0.1, -0.05) is 53.6 Å². The Hall–Kier alpha value is -6.05. The topological polar surface area (TPSA) is 21.7 Å². The summed E-state index contributed by atoms with van der Waals surface area (Å²) in [6, 6.07) is 23.1. The van der Waals surface area contributed by atoms with Crippen molar-refractivity contribution in [1.82, 2.24) is 4.90 Å². The second kappa shape index (κ2) is 9.28. The van der Waals surface area contributed by atoms with Gasteiger partial charge in [-0.2, -0.15) is 13.2 Å². The molecule has 3 atom stereocenters. The number of ether oxygens (including phenoxy) is 2. The predicted molar refractivity (Wildman–Crippen MR) is 249 cm³/mol. The molecule has 3 nitrogen and oxygen atoms in total. The Morgan fingerprint density at radius 1 is 0.603 bits per heavy atom. The molecule has 1 aliphatic heterocycles. The van der Waals surface area contributed by atoms with Crippen LogP contribution in [0.5, 0.6) is 0 Å². The first-order valence-corrected chi connectivity index (χ1v) is 22.8. The van der Waals surface area contributed by atoms with Crippen molar-refractivity contribution in [1.29, 1.82) is 0 Å². The Morgan fingerprint density at radius 3 is 1.97 bits per heavy atom. The molecule has 3 unspecified atom stereocenters. The normalized spacial score (nSPS) is 22.3. The van der Waals surface area contributed by atoms with Crippen LogP contribution in [-0.4, -0.2) is 44.9 Å². The minimum absolute atomic E-state index is 0.171. The van der Waals surface area contributed by atoms with E-state index in [0.717, 1.165) is 31.4 Å². The van der Waals surface area contributed by atoms with Crippen LogP contribution < -0.4 is 10.4 Å². The average molecular weight is 820 g/mol. The van der Waals surface area contributed by atoms with Crippen LogP contribution in [0.1, 0.15) is 40.3 Å². The van der Waals surface area contributed by atoms with Gasteiger partial charge in [0.25, 0.3) is 0 Å². The molecule has 4 aliphatic carbocycles.